The Kier molecular flexibility index (Phi) is 3.93. The van der Waals surface area contributed by atoms with Crippen LogP contribution < -0.4 is 0 Å². The van der Waals surface area contributed by atoms with Gasteiger partial charge in [0.05, 0.1) is 18.0 Å². The van der Waals surface area contributed by atoms with E-state index >= 15 is 0 Å². The quantitative estimate of drug-likeness (QED) is 0.866. The molecule has 0 unspecified atom stereocenters. The largest absolute Gasteiger partial charge is 0.247 e. The van der Waals surface area contributed by atoms with Crippen molar-refractivity contribution >= 4 is 15.7 Å². The van der Waals surface area contributed by atoms with Crippen LogP contribution in [0.15, 0.2) is 53.6 Å². The van der Waals surface area contributed by atoms with E-state index in [1.807, 2.05) is 31.2 Å². The summed E-state index contributed by atoms with van der Waals surface area (Å²) in [6, 6.07) is 13.2. The normalized spacial score (nSPS) is 18.1. The van der Waals surface area contributed by atoms with Crippen molar-refractivity contribution in [2.24, 2.45) is 5.10 Å². The standard InChI is InChI=1S/C17H17FN2O2S/c1-12-3-5-13(6-4-12)16-11-17(20(19-16)23(2,21)22)14-7-9-15(18)10-8-14/h3-10,17H,11H2,1-2H3/t17-/m1/s1. The first-order valence-corrected chi connectivity index (χ1v) is 9.09. The predicted molar refractivity (Wildman–Crippen MR) is 88.2 cm³/mol. The summed E-state index contributed by atoms with van der Waals surface area (Å²) < 4.78 is 38.4. The Labute approximate surface area is 135 Å². The number of sulfonamides is 1. The van der Waals surface area contributed by atoms with Gasteiger partial charge in [-0.25, -0.2) is 12.8 Å². The molecule has 2 aromatic carbocycles. The van der Waals surface area contributed by atoms with Gasteiger partial charge in [-0.05, 0) is 30.2 Å². The van der Waals surface area contributed by atoms with Crippen molar-refractivity contribution in [3.05, 3.63) is 71.0 Å². The van der Waals surface area contributed by atoms with Crippen LogP contribution in [-0.4, -0.2) is 24.8 Å². The van der Waals surface area contributed by atoms with E-state index in [9.17, 15) is 12.8 Å². The number of hydrogen-bond donors (Lipinski definition) is 0. The molecule has 4 nitrogen and oxygen atoms in total. The summed E-state index contributed by atoms with van der Waals surface area (Å²) in [5, 5.41) is 4.31. The van der Waals surface area contributed by atoms with E-state index in [-0.39, 0.29) is 5.82 Å². The molecule has 6 heteroatoms. The van der Waals surface area contributed by atoms with Gasteiger partial charge < -0.3 is 0 Å². The Morgan fingerprint density at radius 3 is 2.26 bits per heavy atom. The van der Waals surface area contributed by atoms with Crippen LogP contribution in [-0.2, 0) is 10.0 Å². The van der Waals surface area contributed by atoms with Crippen LogP contribution in [0.3, 0.4) is 0 Å². The summed E-state index contributed by atoms with van der Waals surface area (Å²) in [4.78, 5) is 0. The van der Waals surface area contributed by atoms with E-state index in [0.29, 0.717) is 12.1 Å². The summed E-state index contributed by atoms with van der Waals surface area (Å²) in [7, 11) is -3.51. The smallest absolute Gasteiger partial charge is 0.207 e. The summed E-state index contributed by atoms with van der Waals surface area (Å²) in [6.07, 6.45) is 1.59. The first kappa shape index (κ1) is 15.7. The van der Waals surface area contributed by atoms with E-state index in [1.54, 1.807) is 12.1 Å². The number of hydrogen-bond acceptors (Lipinski definition) is 3. The average molecular weight is 332 g/mol. The fraction of sp³-hybridized carbons (Fsp3) is 0.235. The molecule has 0 saturated carbocycles. The van der Waals surface area contributed by atoms with Gasteiger partial charge in [-0.3, -0.25) is 0 Å². The Hall–Kier alpha value is -2.21. The van der Waals surface area contributed by atoms with E-state index < -0.39 is 16.1 Å². The lowest BCUT2D eigenvalue weighted by molar-refractivity contribution is 0.374. The maximum atomic E-state index is 13.1. The molecule has 0 saturated heterocycles. The predicted octanol–water partition coefficient (Wildman–Crippen LogP) is 3.24. The number of nitrogens with zero attached hydrogens (tertiary/aromatic N) is 2. The minimum atomic E-state index is -3.51. The molecule has 0 aliphatic carbocycles. The second-order valence-corrected chi connectivity index (χ2v) is 7.56. The zero-order valence-electron chi connectivity index (χ0n) is 12.9. The molecule has 2 aromatic rings. The molecule has 1 aliphatic heterocycles. The molecule has 1 heterocycles. The average Bonchev–Trinajstić information content (AvgIpc) is 2.94. The minimum absolute atomic E-state index is 0.350. The SMILES string of the molecule is Cc1ccc(C2=NN(S(C)(=O)=O)[C@@H](c3ccc(F)cc3)C2)cc1. The molecular formula is C17H17FN2O2S. The number of benzene rings is 2. The lowest BCUT2D eigenvalue weighted by Gasteiger charge is -2.21. The minimum Gasteiger partial charge on any atom is -0.207 e. The van der Waals surface area contributed by atoms with Crippen molar-refractivity contribution in [2.75, 3.05) is 6.26 Å². The molecule has 0 radical (unpaired) electrons. The van der Waals surface area contributed by atoms with E-state index in [2.05, 4.69) is 5.10 Å². The Morgan fingerprint density at radius 2 is 1.70 bits per heavy atom. The van der Waals surface area contributed by atoms with Gasteiger partial charge in [0, 0.05) is 6.42 Å². The molecule has 0 amide bonds. The van der Waals surface area contributed by atoms with E-state index in [0.717, 1.165) is 27.4 Å². The number of aryl methyl sites for hydroxylation is 1. The fourth-order valence-electron chi connectivity index (χ4n) is 2.65. The molecule has 0 aromatic heterocycles. The van der Waals surface area contributed by atoms with Gasteiger partial charge >= 0.3 is 0 Å². The van der Waals surface area contributed by atoms with Crippen LogP contribution in [0.2, 0.25) is 0 Å². The highest BCUT2D eigenvalue weighted by atomic mass is 32.2. The molecule has 1 aliphatic rings. The monoisotopic (exact) mass is 332 g/mol. The third-order valence-electron chi connectivity index (χ3n) is 3.85. The topological polar surface area (TPSA) is 49.7 Å². The maximum absolute atomic E-state index is 13.1. The van der Waals surface area contributed by atoms with Gasteiger partial charge in [-0.2, -0.15) is 9.52 Å². The van der Waals surface area contributed by atoms with E-state index in [4.69, 9.17) is 0 Å². The molecule has 1 atom stereocenters. The van der Waals surface area contributed by atoms with Crippen molar-refractivity contribution in [2.45, 2.75) is 19.4 Å². The second kappa shape index (κ2) is 5.77. The highest BCUT2D eigenvalue weighted by molar-refractivity contribution is 7.88. The zero-order valence-corrected chi connectivity index (χ0v) is 13.7. The van der Waals surface area contributed by atoms with Crippen molar-refractivity contribution in [1.29, 1.82) is 0 Å². The van der Waals surface area contributed by atoms with Crippen molar-refractivity contribution < 1.29 is 12.8 Å². The van der Waals surface area contributed by atoms with Gasteiger partial charge in [0.2, 0.25) is 10.0 Å². The lowest BCUT2D eigenvalue weighted by atomic mass is 9.99. The number of hydrazone groups is 1. The molecule has 0 N–H and O–H groups in total. The molecule has 0 spiro atoms. The van der Waals surface area contributed by atoms with Crippen LogP contribution in [0.4, 0.5) is 4.39 Å². The van der Waals surface area contributed by atoms with Crippen LogP contribution in [0, 0.1) is 12.7 Å². The Bertz CT molecular complexity index is 843. The Balaban J connectivity index is 1.99. The van der Waals surface area contributed by atoms with Crippen LogP contribution in [0.5, 0.6) is 0 Å². The Morgan fingerprint density at radius 1 is 1.09 bits per heavy atom. The fourth-order valence-corrected chi connectivity index (χ4v) is 3.55. The molecular weight excluding hydrogens is 315 g/mol. The summed E-state index contributed by atoms with van der Waals surface area (Å²) in [5.41, 5.74) is 3.46. The summed E-state index contributed by atoms with van der Waals surface area (Å²) in [5.74, 6) is -0.350. The maximum Gasteiger partial charge on any atom is 0.247 e. The second-order valence-electron chi connectivity index (χ2n) is 5.72. The lowest BCUT2D eigenvalue weighted by Crippen LogP contribution is -2.25. The summed E-state index contributed by atoms with van der Waals surface area (Å²) >= 11 is 0. The molecule has 120 valence electrons. The van der Waals surface area contributed by atoms with Crippen molar-refractivity contribution in [3.63, 3.8) is 0 Å². The third kappa shape index (κ3) is 3.27. The zero-order chi connectivity index (χ0) is 16.6. The van der Waals surface area contributed by atoms with Crippen LogP contribution in [0.1, 0.15) is 29.2 Å². The van der Waals surface area contributed by atoms with Gasteiger partial charge in [0.1, 0.15) is 5.82 Å². The highest BCUT2D eigenvalue weighted by Gasteiger charge is 2.34. The van der Waals surface area contributed by atoms with Crippen LogP contribution in [0.25, 0.3) is 0 Å². The van der Waals surface area contributed by atoms with Gasteiger partial charge in [0.25, 0.3) is 0 Å². The van der Waals surface area contributed by atoms with Crippen LogP contribution >= 0.6 is 0 Å². The van der Waals surface area contributed by atoms with E-state index in [1.165, 1.54) is 12.1 Å². The molecule has 0 bridgehead atoms. The number of rotatable bonds is 3. The molecule has 3 rings (SSSR count). The third-order valence-corrected chi connectivity index (χ3v) is 4.87. The van der Waals surface area contributed by atoms with Gasteiger partial charge in [0.15, 0.2) is 0 Å². The van der Waals surface area contributed by atoms with Crippen molar-refractivity contribution in [1.82, 2.24) is 4.41 Å². The molecule has 23 heavy (non-hydrogen) atoms. The summed E-state index contributed by atoms with van der Waals surface area (Å²) in [6.45, 7) is 1.99. The highest BCUT2D eigenvalue weighted by Crippen LogP contribution is 2.34. The first-order valence-electron chi connectivity index (χ1n) is 7.24. The van der Waals surface area contributed by atoms with Crippen molar-refractivity contribution in [3.8, 4) is 0 Å². The molecule has 0 fully saturated rings. The first-order chi connectivity index (χ1) is 10.8. The number of halogens is 1. The van der Waals surface area contributed by atoms with Gasteiger partial charge in [-0.1, -0.05) is 42.0 Å². The van der Waals surface area contributed by atoms with Gasteiger partial charge in [-0.15, -0.1) is 0 Å².